The van der Waals surface area contributed by atoms with Crippen molar-refractivity contribution in [3.63, 3.8) is 0 Å². The largest absolute Gasteiger partial charge is 0.331 e. The number of nitriles is 1. The highest BCUT2D eigenvalue weighted by molar-refractivity contribution is 5.64. The van der Waals surface area contributed by atoms with Crippen molar-refractivity contribution in [2.24, 2.45) is 0 Å². The first-order chi connectivity index (χ1) is 7.86. The number of aryl methyl sites for hydroxylation is 1. The van der Waals surface area contributed by atoms with Gasteiger partial charge in [-0.25, -0.2) is 4.98 Å². The van der Waals surface area contributed by atoms with Gasteiger partial charge in [0.1, 0.15) is 5.82 Å². The average molecular weight is 211 g/mol. The highest BCUT2D eigenvalue weighted by atomic mass is 15.1. The summed E-state index contributed by atoms with van der Waals surface area (Å²) in [5.74, 6) is 0.874. The van der Waals surface area contributed by atoms with Gasteiger partial charge in [-0.2, -0.15) is 5.26 Å². The molecule has 3 nitrogen and oxygen atoms in total. The van der Waals surface area contributed by atoms with E-state index in [9.17, 15) is 0 Å². The van der Waals surface area contributed by atoms with Gasteiger partial charge in [0.25, 0.3) is 0 Å². The summed E-state index contributed by atoms with van der Waals surface area (Å²) in [4.78, 5) is 4.33. The average Bonchev–Trinajstić information content (AvgIpc) is 2.77. The highest BCUT2D eigenvalue weighted by Gasteiger charge is 2.09. The summed E-state index contributed by atoms with van der Waals surface area (Å²) >= 11 is 0. The molecule has 0 spiro atoms. The second kappa shape index (κ2) is 4.63. The molecule has 1 aromatic heterocycles. The van der Waals surface area contributed by atoms with Crippen LogP contribution in [-0.2, 0) is 6.54 Å². The number of hydrogen-bond acceptors (Lipinski definition) is 2. The topological polar surface area (TPSA) is 41.6 Å². The van der Waals surface area contributed by atoms with Crippen molar-refractivity contribution < 1.29 is 0 Å². The van der Waals surface area contributed by atoms with E-state index in [-0.39, 0.29) is 0 Å². The molecule has 0 aliphatic rings. The Kier molecular flexibility index (Phi) is 3.02. The van der Waals surface area contributed by atoms with Crippen molar-refractivity contribution in [3.8, 4) is 17.5 Å². The van der Waals surface area contributed by atoms with Gasteiger partial charge in [-0.1, -0.05) is 19.1 Å². The van der Waals surface area contributed by atoms with Crippen molar-refractivity contribution >= 4 is 0 Å². The van der Waals surface area contributed by atoms with E-state index in [1.165, 1.54) is 0 Å². The maximum atomic E-state index is 9.05. The Morgan fingerprint density at radius 2 is 2.19 bits per heavy atom. The highest BCUT2D eigenvalue weighted by Crippen LogP contribution is 2.21. The van der Waals surface area contributed by atoms with E-state index in [1.807, 2.05) is 30.5 Å². The molecule has 80 valence electrons. The zero-order valence-electron chi connectivity index (χ0n) is 9.22. The first-order valence-electron chi connectivity index (χ1n) is 5.37. The molecule has 0 atom stereocenters. The second-order valence-electron chi connectivity index (χ2n) is 3.60. The van der Waals surface area contributed by atoms with Gasteiger partial charge in [-0.05, 0) is 18.6 Å². The van der Waals surface area contributed by atoms with Crippen molar-refractivity contribution in [2.75, 3.05) is 0 Å². The summed E-state index contributed by atoms with van der Waals surface area (Å²) in [7, 11) is 0. The Labute approximate surface area is 95.0 Å². The Balaban J connectivity index is 2.51. The van der Waals surface area contributed by atoms with Crippen LogP contribution in [0, 0.1) is 11.3 Å². The fourth-order valence-corrected chi connectivity index (χ4v) is 1.75. The third kappa shape index (κ3) is 1.82. The van der Waals surface area contributed by atoms with E-state index in [1.54, 1.807) is 6.20 Å². The number of rotatable bonds is 3. The molecule has 0 unspecified atom stereocenters. The van der Waals surface area contributed by atoms with Crippen LogP contribution in [0.25, 0.3) is 11.4 Å². The molecule has 0 saturated carbocycles. The third-order valence-electron chi connectivity index (χ3n) is 2.47. The molecule has 0 aliphatic heterocycles. The molecule has 0 N–H and O–H groups in total. The normalized spacial score (nSPS) is 10.0. The molecular formula is C13H13N3. The molecule has 0 radical (unpaired) electrons. The van der Waals surface area contributed by atoms with Gasteiger partial charge in [-0.15, -0.1) is 0 Å². The van der Waals surface area contributed by atoms with Crippen LogP contribution in [0.2, 0.25) is 0 Å². The van der Waals surface area contributed by atoms with Crippen molar-refractivity contribution in [1.82, 2.24) is 9.55 Å². The number of aromatic nitrogens is 2. The molecule has 0 amide bonds. The van der Waals surface area contributed by atoms with Crippen LogP contribution in [0.3, 0.4) is 0 Å². The number of nitrogens with zero attached hydrogens (tertiary/aromatic N) is 3. The molecular weight excluding hydrogens is 198 g/mol. The maximum absolute atomic E-state index is 9.05. The molecule has 0 saturated heterocycles. The van der Waals surface area contributed by atoms with E-state index in [4.69, 9.17) is 5.26 Å². The third-order valence-corrected chi connectivity index (χ3v) is 2.47. The molecule has 1 aromatic carbocycles. The number of hydrogen-bond donors (Lipinski definition) is 0. The predicted molar refractivity (Wildman–Crippen MR) is 62.7 cm³/mol. The summed E-state index contributed by atoms with van der Waals surface area (Å²) in [5.41, 5.74) is 1.58. The van der Waals surface area contributed by atoms with E-state index >= 15 is 0 Å². The molecule has 2 rings (SSSR count). The summed E-state index contributed by atoms with van der Waals surface area (Å²) in [6, 6.07) is 9.76. The molecule has 0 aliphatic carbocycles. The van der Waals surface area contributed by atoms with E-state index in [0.29, 0.717) is 5.56 Å². The van der Waals surface area contributed by atoms with Crippen molar-refractivity contribution in [1.29, 1.82) is 5.26 Å². The van der Waals surface area contributed by atoms with Crippen LogP contribution in [0.15, 0.2) is 36.7 Å². The molecule has 2 aromatic rings. The monoisotopic (exact) mass is 211 g/mol. The fourth-order valence-electron chi connectivity index (χ4n) is 1.75. The Morgan fingerprint density at radius 3 is 2.94 bits per heavy atom. The quantitative estimate of drug-likeness (QED) is 0.783. The molecule has 16 heavy (non-hydrogen) atoms. The lowest BCUT2D eigenvalue weighted by Gasteiger charge is -2.07. The van der Waals surface area contributed by atoms with Crippen molar-refractivity contribution in [2.45, 2.75) is 19.9 Å². The zero-order valence-corrected chi connectivity index (χ0v) is 9.22. The van der Waals surface area contributed by atoms with Crippen LogP contribution in [0.4, 0.5) is 0 Å². The smallest absolute Gasteiger partial charge is 0.141 e. The second-order valence-corrected chi connectivity index (χ2v) is 3.60. The first-order valence-corrected chi connectivity index (χ1v) is 5.37. The SMILES string of the molecule is CCCn1ccnc1-c1ccccc1C#N. The van der Waals surface area contributed by atoms with Gasteiger partial charge in [-0.3, -0.25) is 0 Å². The summed E-state index contributed by atoms with van der Waals surface area (Å²) < 4.78 is 2.08. The Bertz CT molecular complexity index is 520. The van der Waals surface area contributed by atoms with Gasteiger partial charge in [0.05, 0.1) is 11.6 Å². The van der Waals surface area contributed by atoms with Crippen LogP contribution < -0.4 is 0 Å². The Morgan fingerprint density at radius 1 is 1.38 bits per heavy atom. The molecule has 0 bridgehead atoms. The van der Waals surface area contributed by atoms with Gasteiger partial charge in [0.2, 0.25) is 0 Å². The molecule has 3 heteroatoms. The minimum Gasteiger partial charge on any atom is -0.331 e. The van der Waals surface area contributed by atoms with Gasteiger partial charge in [0.15, 0.2) is 0 Å². The summed E-state index contributed by atoms with van der Waals surface area (Å²) in [5, 5.41) is 9.05. The lowest BCUT2D eigenvalue weighted by atomic mass is 10.1. The van der Waals surface area contributed by atoms with Gasteiger partial charge in [0, 0.05) is 24.5 Å². The van der Waals surface area contributed by atoms with Gasteiger partial charge >= 0.3 is 0 Å². The standard InChI is InChI=1S/C13H13N3/c1-2-8-16-9-7-15-13(16)12-6-4-3-5-11(12)10-14/h3-7,9H,2,8H2,1H3. The molecule has 1 heterocycles. The number of benzene rings is 1. The maximum Gasteiger partial charge on any atom is 0.141 e. The fraction of sp³-hybridized carbons (Fsp3) is 0.231. The van der Waals surface area contributed by atoms with Gasteiger partial charge < -0.3 is 4.57 Å². The van der Waals surface area contributed by atoms with E-state index in [2.05, 4.69) is 22.5 Å². The predicted octanol–water partition coefficient (Wildman–Crippen LogP) is 2.83. The molecule has 0 fully saturated rings. The zero-order chi connectivity index (χ0) is 11.4. The summed E-state index contributed by atoms with van der Waals surface area (Å²) in [6.45, 7) is 3.05. The number of imidazole rings is 1. The van der Waals surface area contributed by atoms with Crippen LogP contribution in [0.5, 0.6) is 0 Å². The first kappa shape index (κ1) is 10.4. The van der Waals surface area contributed by atoms with E-state index < -0.39 is 0 Å². The van der Waals surface area contributed by atoms with Crippen LogP contribution >= 0.6 is 0 Å². The van der Waals surface area contributed by atoms with Crippen LogP contribution in [0.1, 0.15) is 18.9 Å². The minimum absolute atomic E-state index is 0.672. The lowest BCUT2D eigenvalue weighted by molar-refractivity contribution is 0.685. The van der Waals surface area contributed by atoms with Crippen LogP contribution in [-0.4, -0.2) is 9.55 Å². The summed E-state index contributed by atoms with van der Waals surface area (Å²) in [6.07, 6.45) is 4.78. The Hall–Kier alpha value is -2.08. The van der Waals surface area contributed by atoms with Crippen molar-refractivity contribution in [3.05, 3.63) is 42.2 Å². The van der Waals surface area contributed by atoms with E-state index in [0.717, 1.165) is 24.4 Å². The lowest BCUT2D eigenvalue weighted by Crippen LogP contribution is -1.99. The minimum atomic E-state index is 0.672.